The van der Waals surface area contributed by atoms with Gasteiger partial charge in [0.1, 0.15) is 0 Å². The molecule has 200 valence electrons. The van der Waals surface area contributed by atoms with Crippen molar-refractivity contribution >= 4 is 54.1 Å². The highest BCUT2D eigenvalue weighted by Crippen LogP contribution is 2.36. The first-order valence-electron chi connectivity index (χ1n) is 14.5. The smallest absolute Gasteiger partial charge is 0.238 e. The molecule has 9 aromatic rings. The van der Waals surface area contributed by atoms with Crippen LogP contribution in [0.1, 0.15) is 0 Å². The average molecular weight is 549 g/mol. The lowest BCUT2D eigenvalue weighted by molar-refractivity contribution is 0.955. The van der Waals surface area contributed by atoms with Gasteiger partial charge in [-0.1, -0.05) is 127 Å². The molecule has 4 nitrogen and oxygen atoms in total. The van der Waals surface area contributed by atoms with Crippen molar-refractivity contribution in [2.45, 2.75) is 0 Å². The molecule has 9 rings (SSSR count). The minimum atomic E-state index is 0.601. The van der Waals surface area contributed by atoms with Crippen LogP contribution in [0.4, 0.5) is 0 Å². The van der Waals surface area contributed by atoms with E-state index in [-0.39, 0.29) is 0 Å². The van der Waals surface area contributed by atoms with E-state index in [0.29, 0.717) is 17.6 Å². The van der Waals surface area contributed by atoms with Crippen molar-refractivity contribution in [1.82, 2.24) is 19.5 Å². The van der Waals surface area contributed by atoms with E-state index in [1.54, 1.807) is 0 Å². The molecule has 0 saturated heterocycles. The Hall–Kier alpha value is -5.87. The number of rotatable bonds is 3. The summed E-state index contributed by atoms with van der Waals surface area (Å²) in [5, 5.41) is 9.36. The maximum absolute atomic E-state index is 5.19. The zero-order valence-corrected chi connectivity index (χ0v) is 23.1. The second-order valence-corrected chi connectivity index (χ2v) is 10.9. The summed E-state index contributed by atoms with van der Waals surface area (Å²) >= 11 is 0. The second-order valence-electron chi connectivity index (χ2n) is 10.9. The first-order chi connectivity index (χ1) is 21.3. The Labute approximate surface area is 247 Å². The number of para-hydroxylation sites is 1. The van der Waals surface area contributed by atoms with E-state index < -0.39 is 0 Å². The van der Waals surface area contributed by atoms with Gasteiger partial charge in [0.05, 0.1) is 11.0 Å². The molecule has 2 aromatic heterocycles. The van der Waals surface area contributed by atoms with Gasteiger partial charge in [0.25, 0.3) is 0 Å². The van der Waals surface area contributed by atoms with Crippen LogP contribution in [0.5, 0.6) is 0 Å². The van der Waals surface area contributed by atoms with Crippen LogP contribution in [-0.2, 0) is 0 Å². The molecule has 0 atom stereocenters. The SMILES string of the molecule is c1ccc2cc(-c3nc(-c4ccc5ccccc5c4)nc(-n4c5ccccc5c5ccc6ccccc6c54)n3)ccc2c1. The lowest BCUT2D eigenvalue weighted by Gasteiger charge is -2.12. The lowest BCUT2D eigenvalue weighted by Crippen LogP contribution is -2.06. The Bertz CT molecular complexity index is 2430. The zero-order valence-electron chi connectivity index (χ0n) is 23.1. The minimum absolute atomic E-state index is 0.601. The summed E-state index contributed by atoms with van der Waals surface area (Å²) < 4.78 is 2.21. The Morgan fingerprint density at radius 3 is 1.53 bits per heavy atom. The van der Waals surface area contributed by atoms with Gasteiger partial charge in [-0.2, -0.15) is 9.97 Å². The van der Waals surface area contributed by atoms with Gasteiger partial charge in [-0.15, -0.1) is 0 Å². The van der Waals surface area contributed by atoms with Crippen molar-refractivity contribution in [3.05, 3.63) is 146 Å². The van der Waals surface area contributed by atoms with Gasteiger partial charge in [-0.25, -0.2) is 4.98 Å². The molecule has 4 heteroatoms. The summed E-state index contributed by atoms with van der Waals surface area (Å²) in [7, 11) is 0. The molecule has 0 fully saturated rings. The normalized spacial score (nSPS) is 11.7. The average Bonchev–Trinajstić information content (AvgIpc) is 3.42. The molecule has 0 aliphatic carbocycles. The van der Waals surface area contributed by atoms with Crippen molar-refractivity contribution in [3.63, 3.8) is 0 Å². The van der Waals surface area contributed by atoms with Crippen LogP contribution >= 0.6 is 0 Å². The summed E-state index contributed by atoms with van der Waals surface area (Å²) in [4.78, 5) is 15.5. The van der Waals surface area contributed by atoms with Crippen LogP contribution in [0.3, 0.4) is 0 Å². The van der Waals surface area contributed by atoms with Gasteiger partial charge in [-0.3, -0.25) is 4.57 Å². The summed E-state index contributed by atoms with van der Waals surface area (Å²) in [5.74, 6) is 1.89. The van der Waals surface area contributed by atoms with Crippen LogP contribution in [0.15, 0.2) is 146 Å². The monoisotopic (exact) mass is 548 g/mol. The summed E-state index contributed by atoms with van der Waals surface area (Å²) in [6, 6.07) is 51.0. The number of hydrogen-bond donors (Lipinski definition) is 0. The first-order valence-corrected chi connectivity index (χ1v) is 14.5. The van der Waals surface area contributed by atoms with Crippen LogP contribution in [0.25, 0.3) is 82.8 Å². The predicted molar refractivity (Wildman–Crippen MR) is 178 cm³/mol. The number of fused-ring (bicyclic) bond motifs is 7. The number of benzene rings is 7. The van der Waals surface area contributed by atoms with Crippen molar-refractivity contribution in [1.29, 1.82) is 0 Å². The quantitative estimate of drug-likeness (QED) is 0.221. The van der Waals surface area contributed by atoms with Gasteiger partial charge in [0.2, 0.25) is 5.95 Å². The maximum atomic E-state index is 5.19. The van der Waals surface area contributed by atoms with E-state index in [1.165, 1.54) is 26.9 Å². The van der Waals surface area contributed by atoms with Crippen molar-refractivity contribution in [2.75, 3.05) is 0 Å². The number of nitrogens with zero attached hydrogens (tertiary/aromatic N) is 4. The molecule has 0 saturated carbocycles. The van der Waals surface area contributed by atoms with Crippen molar-refractivity contribution in [2.24, 2.45) is 0 Å². The zero-order chi connectivity index (χ0) is 28.3. The fourth-order valence-electron chi connectivity index (χ4n) is 6.32. The van der Waals surface area contributed by atoms with E-state index in [9.17, 15) is 0 Å². The van der Waals surface area contributed by atoms with Gasteiger partial charge in [0, 0.05) is 27.3 Å². The van der Waals surface area contributed by atoms with Gasteiger partial charge in [0.15, 0.2) is 11.6 Å². The van der Waals surface area contributed by atoms with Crippen LogP contribution < -0.4 is 0 Å². The highest BCUT2D eigenvalue weighted by atomic mass is 15.2. The Kier molecular flexibility index (Phi) is 5.16. The van der Waals surface area contributed by atoms with E-state index in [2.05, 4.69) is 150 Å². The van der Waals surface area contributed by atoms with Gasteiger partial charge < -0.3 is 0 Å². The third kappa shape index (κ3) is 3.81. The number of aromatic nitrogens is 4. The Morgan fingerprint density at radius 1 is 0.372 bits per heavy atom. The van der Waals surface area contributed by atoms with Crippen molar-refractivity contribution in [3.8, 4) is 28.7 Å². The molecule has 0 unspecified atom stereocenters. The highest BCUT2D eigenvalue weighted by Gasteiger charge is 2.19. The molecule has 0 N–H and O–H groups in total. The van der Waals surface area contributed by atoms with Crippen LogP contribution in [-0.4, -0.2) is 19.5 Å². The Morgan fingerprint density at radius 2 is 0.884 bits per heavy atom. The number of hydrogen-bond acceptors (Lipinski definition) is 3. The summed E-state index contributed by atoms with van der Waals surface area (Å²) in [5.41, 5.74) is 4.07. The predicted octanol–water partition coefficient (Wildman–Crippen LogP) is 9.76. The van der Waals surface area contributed by atoms with Crippen molar-refractivity contribution < 1.29 is 0 Å². The second kappa shape index (κ2) is 9.33. The van der Waals surface area contributed by atoms with Gasteiger partial charge in [-0.05, 0) is 45.1 Å². The minimum Gasteiger partial charge on any atom is -0.277 e. The molecular formula is C39H24N4. The third-order valence-electron chi connectivity index (χ3n) is 8.40. The standard InChI is InChI=1S/C39H24N4/c1-3-12-28-23-30(19-17-25(28)9-1)37-40-38(31-20-18-26-10-2-4-13-29(26)24-31)42-39(41-37)43-35-16-8-7-15-33(35)34-22-21-27-11-5-6-14-32(27)36(34)43/h1-24H. The highest BCUT2D eigenvalue weighted by molar-refractivity contribution is 6.18. The fraction of sp³-hybridized carbons (Fsp3) is 0. The molecule has 0 bridgehead atoms. The van der Waals surface area contributed by atoms with Crippen LogP contribution in [0.2, 0.25) is 0 Å². The molecule has 0 amide bonds. The molecule has 0 radical (unpaired) electrons. The van der Waals surface area contributed by atoms with E-state index in [0.717, 1.165) is 38.3 Å². The lowest BCUT2D eigenvalue weighted by atomic mass is 10.1. The van der Waals surface area contributed by atoms with E-state index in [1.807, 2.05) is 0 Å². The summed E-state index contributed by atoms with van der Waals surface area (Å²) in [6.45, 7) is 0. The molecule has 7 aromatic carbocycles. The fourth-order valence-corrected chi connectivity index (χ4v) is 6.32. The summed E-state index contributed by atoms with van der Waals surface area (Å²) in [6.07, 6.45) is 0. The first kappa shape index (κ1) is 23.8. The molecule has 0 aliphatic rings. The molecule has 0 aliphatic heterocycles. The molecular weight excluding hydrogens is 524 g/mol. The molecule has 2 heterocycles. The topological polar surface area (TPSA) is 43.6 Å². The molecule has 0 spiro atoms. The molecule has 43 heavy (non-hydrogen) atoms. The van der Waals surface area contributed by atoms with E-state index in [4.69, 9.17) is 15.0 Å². The Balaban J connectivity index is 1.38. The largest absolute Gasteiger partial charge is 0.277 e. The van der Waals surface area contributed by atoms with Gasteiger partial charge >= 0.3 is 0 Å². The maximum Gasteiger partial charge on any atom is 0.238 e. The third-order valence-corrected chi connectivity index (χ3v) is 8.40. The van der Waals surface area contributed by atoms with E-state index >= 15 is 0 Å². The van der Waals surface area contributed by atoms with Crippen LogP contribution in [0, 0.1) is 0 Å².